The summed E-state index contributed by atoms with van der Waals surface area (Å²) < 4.78 is 0. The van der Waals surface area contributed by atoms with E-state index in [1.807, 2.05) is 66.7 Å². The molecular formula is C26H24Cl2N4. The highest BCUT2D eigenvalue weighted by Gasteiger charge is 2.23. The molecule has 0 saturated carbocycles. The smallest absolute Gasteiger partial charge is 0.0992 e. The lowest BCUT2D eigenvalue weighted by atomic mass is 10.0. The monoisotopic (exact) mass is 462 g/mol. The predicted molar refractivity (Wildman–Crippen MR) is 131 cm³/mol. The summed E-state index contributed by atoms with van der Waals surface area (Å²) in [5.74, 6) is 0. The molecule has 3 aromatic rings. The molecule has 0 aliphatic carbocycles. The van der Waals surface area contributed by atoms with Gasteiger partial charge in [0.1, 0.15) is 0 Å². The van der Waals surface area contributed by atoms with E-state index in [0.29, 0.717) is 22.2 Å². The lowest BCUT2D eigenvalue weighted by Crippen LogP contribution is -2.47. The van der Waals surface area contributed by atoms with Gasteiger partial charge in [-0.2, -0.15) is 10.5 Å². The Morgan fingerprint density at radius 2 is 1.38 bits per heavy atom. The quantitative estimate of drug-likeness (QED) is 0.457. The van der Waals surface area contributed by atoms with Gasteiger partial charge in [-0.15, -0.1) is 0 Å². The Kier molecular flexibility index (Phi) is 8.54. The Labute approximate surface area is 199 Å². The van der Waals surface area contributed by atoms with Crippen LogP contribution in [0.25, 0.3) is 0 Å². The van der Waals surface area contributed by atoms with Gasteiger partial charge in [-0.25, -0.2) is 0 Å². The van der Waals surface area contributed by atoms with Crippen molar-refractivity contribution in [3.8, 4) is 12.1 Å². The Morgan fingerprint density at radius 1 is 0.781 bits per heavy atom. The summed E-state index contributed by atoms with van der Waals surface area (Å²) in [5, 5.41) is 19.3. The average Bonchev–Trinajstić information content (AvgIpc) is 2.84. The van der Waals surface area contributed by atoms with Gasteiger partial charge in [-0.3, -0.25) is 4.90 Å². The van der Waals surface area contributed by atoms with Crippen LogP contribution < -0.4 is 4.90 Å². The number of nitrogens with zero attached hydrogens (tertiary/aromatic N) is 4. The molecule has 1 aliphatic rings. The molecule has 1 fully saturated rings. The number of halogens is 2. The Morgan fingerprint density at radius 3 is 1.88 bits per heavy atom. The molecule has 1 aliphatic heterocycles. The summed E-state index contributed by atoms with van der Waals surface area (Å²) in [6.45, 7) is 5.87. The molecule has 3 aromatic carbocycles. The normalized spacial score (nSPS) is 14.5. The topological polar surface area (TPSA) is 54.1 Å². The first-order valence-electron chi connectivity index (χ1n) is 10.4. The molecule has 162 valence electrons. The molecule has 1 saturated heterocycles. The van der Waals surface area contributed by atoms with E-state index in [1.54, 1.807) is 6.07 Å². The fourth-order valence-electron chi connectivity index (χ4n) is 3.64. The van der Waals surface area contributed by atoms with Crippen LogP contribution in [-0.4, -0.2) is 31.1 Å². The van der Waals surface area contributed by atoms with Gasteiger partial charge in [0.2, 0.25) is 0 Å². The largest absolute Gasteiger partial charge is 0.368 e. The van der Waals surface area contributed by atoms with Gasteiger partial charge in [0, 0.05) is 37.2 Å². The summed E-state index contributed by atoms with van der Waals surface area (Å²) >= 11 is 11.9. The molecule has 1 unspecified atom stereocenters. The molecular weight excluding hydrogens is 439 g/mol. The molecule has 0 aromatic heterocycles. The van der Waals surface area contributed by atoms with Crippen molar-refractivity contribution < 1.29 is 0 Å². The summed E-state index contributed by atoms with van der Waals surface area (Å²) in [6, 6.07) is 27.3. The lowest BCUT2D eigenvalue weighted by Gasteiger charge is -2.39. The molecule has 4 rings (SSSR count). The van der Waals surface area contributed by atoms with Gasteiger partial charge >= 0.3 is 0 Å². The maximum atomic E-state index is 8.95. The molecule has 1 heterocycles. The minimum absolute atomic E-state index is 0.311. The first-order valence-corrected chi connectivity index (χ1v) is 11.2. The fraction of sp³-hybridized carbons (Fsp3) is 0.231. The standard InChI is InChI=1S/C20H19ClN4.C6H5Cl/c1-15(18-5-2-16(13-22)3-6-18)24-8-10-25(11-9-24)20-7-4-17(14-23)12-19(20)21;7-6-4-2-1-3-5-6/h2-7,12,15H,8-11H2,1H3;1-5H. The van der Waals surface area contributed by atoms with Crippen LogP contribution in [0.15, 0.2) is 72.8 Å². The molecule has 0 radical (unpaired) electrons. The second-order valence-corrected chi connectivity index (χ2v) is 8.35. The van der Waals surface area contributed by atoms with Crippen molar-refractivity contribution >= 4 is 28.9 Å². The number of nitriles is 2. The summed E-state index contributed by atoms with van der Waals surface area (Å²) in [6.07, 6.45) is 0. The van der Waals surface area contributed by atoms with Gasteiger partial charge in [0.25, 0.3) is 0 Å². The fourth-order valence-corrected chi connectivity index (χ4v) is 4.09. The van der Waals surface area contributed by atoms with Crippen molar-refractivity contribution in [1.29, 1.82) is 10.5 Å². The van der Waals surface area contributed by atoms with E-state index in [1.165, 1.54) is 5.56 Å². The molecule has 6 heteroatoms. The zero-order valence-electron chi connectivity index (χ0n) is 17.9. The zero-order chi connectivity index (χ0) is 22.9. The summed E-state index contributed by atoms with van der Waals surface area (Å²) in [5.41, 5.74) is 3.49. The van der Waals surface area contributed by atoms with Crippen LogP contribution in [-0.2, 0) is 0 Å². The van der Waals surface area contributed by atoms with E-state index in [-0.39, 0.29) is 0 Å². The Hall–Kier alpha value is -3.02. The Bertz CT molecular complexity index is 1090. The SMILES string of the molecule is CC(c1ccc(C#N)cc1)N1CCN(c2ccc(C#N)cc2Cl)CC1.Clc1ccccc1. The van der Waals surface area contributed by atoms with Crippen LogP contribution in [0.2, 0.25) is 10.0 Å². The van der Waals surface area contributed by atoms with Crippen LogP contribution in [0.1, 0.15) is 29.7 Å². The number of hydrogen-bond donors (Lipinski definition) is 0. The number of benzene rings is 3. The van der Waals surface area contributed by atoms with Crippen molar-refractivity contribution in [1.82, 2.24) is 4.90 Å². The second-order valence-electron chi connectivity index (χ2n) is 7.51. The van der Waals surface area contributed by atoms with Gasteiger partial charge in [0.15, 0.2) is 0 Å². The van der Waals surface area contributed by atoms with E-state index in [0.717, 1.165) is 36.9 Å². The maximum Gasteiger partial charge on any atom is 0.0992 e. The third kappa shape index (κ3) is 6.25. The van der Waals surface area contributed by atoms with Crippen LogP contribution in [0.5, 0.6) is 0 Å². The number of piperazine rings is 1. The van der Waals surface area contributed by atoms with Crippen molar-refractivity contribution in [2.45, 2.75) is 13.0 Å². The van der Waals surface area contributed by atoms with Crippen LogP contribution in [0, 0.1) is 22.7 Å². The molecule has 32 heavy (non-hydrogen) atoms. The van der Waals surface area contributed by atoms with Crippen LogP contribution in [0.3, 0.4) is 0 Å². The molecule has 0 amide bonds. The van der Waals surface area contributed by atoms with Gasteiger partial charge in [0.05, 0.1) is 34.0 Å². The summed E-state index contributed by atoms with van der Waals surface area (Å²) in [4.78, 5) is 4.71. The van der Waals surface area contributed by atoms with Crippen LogP contribution in [0.4, 0.5) is 5.69 Å². The van der Waals surface area contributed by atoms with Gasteiger partial charge in [-0.1, -0.05) is 53.5 Å². The van der Waals surface area contributed by atoms with E-state index >= 15 is 0 Å². The number of anilines is 1. The van der Waals surface area contributed by atoms with Crippen molar-refractivity contribution in [2.75, 3.05) is 31.1 Å². The lowest BCUT2D eigenvalue weighted by molar-refractivity contribution is 0.198. The van der Waals surface area contributed by atoms with E-state index in [9.17, 15) is 0 Å². The molecule has 0 spiro atoms. The van der Waals surface area contributed by atoms with Crippen molar-refractivity contribution in [3.63, 3.8) is 0 Å². The van der Waals surface area contributed by atoms with Crippen LogP contribution >= 0.6 is 23.2 Å². The number of hydrogen-bond acceptors (Lipinski definition) is 4. The zero-order valence-corrected chi connectivity index (χ0v) is 19.4. The minimum atomic E-state index is 0.311. The highest BCUT2D eigenvalue weighted by atomic mass is 35.5. The average molecular weight is 463 g/mol. The maximum absolute atomic E-state index is 8.95. The predicted octanol–water partition coefficient (Wildman–Crippen LogP) is 6.31. The first kappa shape index (κ1) is 23.6. The van der Waals surface area contributed by atoms with E-state index in [4.69, 9.17) is 33.7 Å². The first-order chi connectivity index (χ1) is 15.5. The van der Waals surface area contributed by atoms with E-state index < -0.39 is 0 Å². The third-order valence-corrected chi connectivity index (χ3v) is 6.09. The molecule has 1 atom stereocenters. The van der Waals surface area contributed by atoms with Crippen molar-refractivity contribution in [2.24, 2.45) is 0 Å². The Balaban J connectivity index is 0.000000352. The van der Waals surface area contributed by atoms with Crippen molar-refractivity contribution in [3.05, 3.63) is 99.5 Å². The van der Waals surface area contributed by atoms with E-state index in [2.05, 4.69) is 28.9 Å². The summed E-state index contributed by atoms with van der Waals surface area (Å²) in [7, 11) is 0. The minimum Gasteiger partial charge on any atom is -0.368 e. The second kappa shape index (κ2) is 11.6. The highest BCUT2D eigenvalue weighted by molar-refractivity contribution is 6.33. The van der Waals surface area contributed by atoms with Gasteiger partial charge < -0.3 is 4.90 Å². The molecule has 4 nitrogen and oxygen atoms in total. The molecule has 0 N–H and O–H groups in total. The highest BCUT2D eigenvalue weighted by Crippen LogP contribution is 2.29. The molecule has 0 bridgehead atoms. The number of rotatable bonds is 3. The third-order valence-electron chi connectivity index (χ3n) is 5.53. The van der Waals surface area contributed by atoms with Gasteiger partial charge in [-0.05, 0) is 55.0 Å².